The molecule has 0 spiro atoms. The largest absolute Gasteiger partial charge is 0.365 e. The van der Waals surface area contributed by atoms with Gasteiger partial charge in [0, 0.05) is 31.7 Å². The van der Waals surface area contributed by atoms with Crippen LogP contribution in [0.3, 0.4) is 0 Å². The highest BCUT2D eigenvalue weighted by molar-refractivity contribution is 5.97. The van der Waals surface area contributed by atoms with Gasteiger partial charge < -0.3 is 16.0 Å². The number of benzene rings is 2. The molecule has 34 heavy (non-hydrogen) atoms. The van der Waals surface area contributed by atoms with Gasteiger partial charge in [-0.05, 0) is 42.9 Å². The molecule has 2 amide bonds. The number of amides is 2. The predicted octanol–water partition coefficient (Wildman–Crippen LogP) is 3.89. The van der Waals surface area contributed by atoms with Crippen molar-refractivity contribution in [3.05, 3.63) is 88.9 Å². The molecule has 3 N–H and O–H groups in total. The third-order valence-electron chi connectivity index (χ3n) is 6.17. The molecule has 1 aliphatic rings. The fourth-order valence-corrected chi connectivity index (χ4v) is 4.29. The van der Waals surface area contributed by atoms with E-state index in [0.717, 1.165) is 42.6 Å². The first-order chi connectivity index (χ1) is 16.5. The SMILES string of the molecule is C[C@@H](Nc1nc(Cc2cccc(CC(=O)N3CCCCC3)c2)ncc1C(N)=O)c1ccccc1. The monoisotopic (exact) mass is 457 g/mol. The van der Waals surface area contributed by atoms with Crippen molar-refractivity contribution in [1.29, 1.82) is 0 Å². The van der Waals surface area contributed by atoms with Gasteiger partial charge in [-0.2, -0.15) is 0 Å². The zero-order valence-corrected chi connectivity index (χ0v) is 19.5. The zero-order chi connectivity index (χ0) is 23.9. The van der Waals surface area contributed by atoms with E-state index in [0.29, 0.717) is 24.5 Å². The van der Waals surface area contributed by atoms with Crippen LogP contribution in [0.4, 0.5) is 5.82 Å². The fourth-order valence-electron chi connectivity index (χ4n) is 4.29. The van der Waals surface area contributed by atoms with Crippen LogP contribution in [0.5, 0.6) is 0 Å². The number of piperidine rings is 1. The lowest BCUT2D eigenvalue weighted by Crippen LogP contribution is -2.36. The molecule has 1 saturated heterocycles. The Kier molecular flexibility index (Phi) is 7.52. The number of rotatable bonds is 8. The Morgan fingerprint density at radius 2 is 1.76 bits per heavy atom. The van der Waals surface area contributed by atoms with Crippen molar-refractivity contribution in [2.45, 2.75) is 45.1 Å². The third kappa shape index (κ3) is 5.98. The lowest BCUT2D eigenvalue weighted by molar-refractivity contribution is -0.131. The molecule has 7 nitrogen and oxygen atoms in total. The van der Waals surface area contributed by atoms with Crippen molar-refractivity contribution >= 4 is 17.6 Å². The highest BCUT2D eigenvalue weighted by Crippen LogP contribution is 2.21. The lowest BCUT2D eigenvalue weighted by Gasteiger charge is -2.26. The highest BCUT2D eigenvalue weighted by atomic mass is 16.2. The molecule has 1 aromatic heterocycles. The molecule has 0 radical (unpaired) electrons. The Morgan fingerprint density at radius 3 is 2.50 bits per heavy atom. The molecule has 4 rings (SSSR count). The molecule has 1 atom stereocenters. The van der Waals surface area contributed by atoms with Gasteiger partial charge in [-0.15, -0.1) is 0 Å². The summed E-state index contributed by atoms with van der Waals surface area (Å²) in [4.78, 5) is 35.6. The van der Waals surface area contributed by atoms with Crippen LogP contribution < -0.4 is 11.1 Å². The van der Waals surface area contributed by atoms with Crippen LogP contribution >= 0.6 is 0 Å². The Balaban J connectivity index is 1.49. The van der Waals surface area contributed by atoms with Crippen LogP contribution in [0.1, 0.15) is 65.1 Å². The molecule has 2 aromatic carbocycles. The van der Waals surface area contributed by atoms with Gasteiger partial charge in [0.1, 0.15) is 11.6 Å². The van der Waals surface area contributed by atoms with Gasteiger partial charge in [0.25, 0.3) is 5.91 Å². The molecule has 7 heteroatoms. The number of anilines is 1. The molecule has 0 unspecified atom stereocenters. The summed E-state index contributed by atoms with van der Waals surface area (Å²) in [6.45, 7) is 3.72. The molecule has 1 fully saturated rings. The number of likely N-dealkylation sites (tertiary alicyclic amines) is 1. The molecule has 3 aromatic rings. The van der Waals surface area contributed by atoms with Crippen molar-refractivity contribution in [3.8, 4) is 0 Å². The molecule has 0 bridgehead atoms. The zero-order valence-electron chi connectivity index (χ0n) is 19.5. The van der Waals surface area contributed by atoms with Gasteiger partial charge in [0.15, 0.2) is 0 Å². The van der Waals surface area contributed by atoms with Crippen LogP contribution in [0.25, 0.3) is 0 Å². The predicted molar refractivity (Wildman–Crippen MR) is 132 cm³/mol. The van der Waals surface area contributed by atoms with Gasteiger partial charge >= 0.3 is 0 Å². The van der Waals surface area contributed by atoms with Crippen molar-refractivity contribution in [2.75, 3.05) is 18.4 Å². The van der Waals surface area contributed by atoms with Crippen LogP contribution in [-0.4, -0.2) is 39.8 Å². The summed E-state index contributed by atoms with van der Waals surface area (Å²) in [7, 11) is 0. The van der Waals surface area contributed by atoms with Gasteiger partial charge in [-0.3, -0.25) is 9.59 Å². The number of hydrogen-bond donors (Lipinski definition) is 2. The van der Waals surface area contributed by atoms with Crippen molar-refractivity contribution in [3.63, 3.8) is 0 Å². The van der Waals surface area contributed by atoms with Crippen LogP contribution in [0, 0.1) is 0 Å². The minimum atomic E-state index is -0.576. The second-order valence-electron chi connectivity index (χ2n) is 8.80. The minimum absolute atomic E-state index is 0.0637. The first-order valence-electron chi connectivity index (χ1n) is 11.8. The Bertz CT molecular complexity index is 1140. The minimum Gasteiger partial charge on any atom is -0.365 e. The maximum Gasteiger partial charge on any atom is 0.254 e. The van der Waals surface area contributed by atoms with Crippen LogP contribution in [0.2, 0.25) is 0 Å². The number of hydrogen-bond acceptors (Lipinski definition) is 5. The van der Waals surface area contributed by atoms with Gasteiger partial charge in [-0.25, -0.2) is 9.97 Å². The lowest BCUT2D eigenvalue weighted by atomic mass is 10.0. The molecule has 2 heterocycles. The smallest absolute Gasteiger partial charge is 0.254 e. The van der Waals surface area contributed by atoms with E-state index in [4.69, 9.17) is 5.73 Å². The van der Waals surface area contributed by atoms with Crippen molar-refractivity contribution in [2.24, 2.45) is 5.73 Å². The number of nitrogens with zero attached hydrogens (tertiary/aromatic N) is 3. The molecular weight excluding hydrogens is 426 g/mol. The number of nitrogens with one attached hydrogen (secondary N) is 1. The molecule has 1 aliphatic heterocycles. The summed E-state index contributed by atoms with van der Waals surface area (Å²) in [6, 6.07) is 17.8. The molecule has 0 aliphatic carbocycles. The second kappa shape index (κ2) is 10.9. The number of carbonyl (C=O) groups excluding carboxylic acids is 2. The topological polar surface area (TPSA) is 101 Å². The summed E-state index contributed by atoms with van der Waals surface area (Å²) in [5, 5.41) is 3.31. The van der Waals surface area contributed by atoms with E-state index < -0.39 is 5.91 Å². The summed E-state index contributed by atoms with van der Waals surface area (Å²) in [5.41, 5.74) is 8.89. The van der Waals surface area contributed by atoms with Crippen LogP contribution in [-0.2, 0) is 17.6 Å². The van der Waals surface area contributed by atoms with Gasteiger partial charge in [0.2, 0.25) is 5.91 Å². The van der Waals surface area contributed by atoms with Crippen LogP contribution in [0.15, 0.2) is 60.8 Å². The number of aromatic nitrogens is 2. The number of nitrogens with two attached hydrogens (primary N) is 1. The summed E-state index contributed by atoms with van der Waals surface area (Å²) >= 11 is 0. The summed E-state index contributed by atoms with van der Waals surface area (Å²) in [6.07, 6.45) is 5.74. The Hall–Kier alpha value is -3.74. The van der Waals surface area contributed by atoms with Crippen molar-refractivity contribution in [1.82, 2.24) is 14.9 Å². The first-order valence-corrected chi connectivity index (χ1v) is 11.8. The summed E-state index contributed by atoms with van der Waals surface area (Å²) in [5.74, 6) is 0.602. The van der Waals surface area contributed by atoms with E-state index >= 15 is 0 Å². The van der Waals surface area contributed by atoms with E-state index in [2.05, 4.69) is 15.3 Å². The van der Waals surface area contributed by atoms with E-state index in [9.17, 15) is 9.59 Å². The molecule has 176 valence electrons. The van der Waals surface area contributed by atoms with Gasteiger partial charge in [0.05, 0.1) is 12.0 Å². The quantitative estimate of drug-likeness (QED) is 0.534. The van der Waals surface area contributed by atoms with E-state index in [1.54, 1.807) is 0 Å². The Morgan fingerprint density at radius 1 is 1.03 bits per heavy atom. The highest BCUT2D eigenvalue weighted by Gasteiger charge is 2.18. The van der Waals surface area contributed by atoms with E-state index in [1.807, 2.05) is 66.4 Å². The third-order valence-corrected chi connectivity index (χ3v) is 6.17. The first kappa shape index (κ1) is 23.4. The van der Waals surface area contributed by atoms with Crippen molar-refractivity contribution < 1.29 is 9.59 Å². The van der Waals surface area contributed by atoms with Gasteiger partial charge in [-0.1, -0.05) is 54.6 Å². The summed E-state index contributed by atoms with van der Waals surface area (Å²) < 4.78 is 0. The number of primary amides is 1. The van der Waals surface area contributed by atoms with E-state index in [1.165, 1.54) is 12.6 Å². The average Bonchev–Trinajstić information content (AvgIpc) is 2.85. The number of carbonyl (C=O) groups is 2. The maximum atomic E-state index is 12.7. The fraction of sp³-hybridized carbons (Fsp3) is 0.333. The molecule has 0 saturated carbocycles. The Labute approximate surface area is 200 Å². The standard InChI is InChI=1S/C27H31N5O2/c1-19(22-11-4-2-5-12-22)30-27-23(26(28)34)18-29-24(31-27)16-20-9-8-10-21(15-20)17-25(33)32-13-6-3-7-14-32/h2,4-5,8-12,15,18-19H,3,6-7,13-14,16-17H2,1H3,(H2,28,34)(H,29,30,31)/t19-/m1/s1. The molecular formula is C27H31N5O2. The normalized spacial score (nSPS) is 14.4. The second-order valence-corrected chi connectivity index (χ2v) is 8.80. The maximum absolute atomic E-state index is 12.7. The average molecular weight is 458 g/mol. The van der Waals surface area contributed by atoms with E-state index in [-0.39, 0.29) is 17.5 Å².